The van der Waals surface area contributed by atoms with Crippen LogP contribution in [0, 0.1) is 13.8 Å². The highest BCUT2D eigenvalue weighted by Gasteiger charge is 2.30. The predicted molar refractivity (Wildman–Crippen MR) is 107 cm³/mol. The molecule has 2 aromatic heterocycles. The number of amides is 1. The van der Waals surface area contributed by atoms with E-state index in [0.717, 1.165) is 11.3 Å². The van der Waals surface area contributed by atoms with Crippen LogP contribution < -0.4 is 0 Å². The molecule has 0 bridgehead atoms. The van der Waals surface area contributed by atoms with Gasteiger partial charge in [-0.3, -0.25) is 4.79 Å². The van der Waals surface area contributed by atoms with Crippen molar-refractivity contribution in [3.63, 3.8) is 0 Å². The molecule has 1 fully saturated rings. The largest absolute Gasteiger partial charge is 0.463 e. The van der Waals surface area contributed by atoms with Crippen LogP contribution in [0.15, 0.2) is 47.1 Å². The molecule has 0 aliphatic carbocycles. The number of benzene rings is 1. The molecule has 1 aliphatic heterocycles. The van der Waals surface area contributed by atoms with Gasteiger partial charge in [0.05, 0.1) is 24.2 Å². The number of carbonyl (C=O) groups is 1. The van der Waals surface area contributed by atoms with E-state index in [2.05, 4.69) is 13.0 Å². The van der Waals surface area contributed by atoms with E-state index >= 15 is 0 Å². The molecule has 0 radical (unpaired) electrons. The number of hydrogen-bond acceptors (Lipinski definition) is 4. The molecule has 3 aromatic rings. The van der Waals surface area contributed by atoms with Gasteiger partial charge in [-0.15, -0.1) is 0 Å². The Morgan fingerprint density at radius 3 is 2.50 bits per heavy atom. The van der Waals surface area contributed by atoms with Gasteiger partial charge in [-0.25, -0.2) is 4.68 Å². The number of morpholine rings is 1. The fourth-order valence-corrected chi connectivity index (χ4v) is 3.81. The van der Waals surface area contributed by atoms with Crippen molar-refractivity contribution < 1.29 is 13.9 Å². The molecule has 1 amide bonds. The number of hydrogen-bond donors (Lipinski definition) is 0. The Labute approximate surface area is 164 Å². The van der Waals surface area contributed by atoms with Gasteiger partial charge in [0.1, 0.15) is 11.4 Å². The van der Waals surface area contributed by atoms with Gasteiger partial charge in [-0.2, -0.15) is 5.10 Å². The molecule has 0 unspecified atom stereocenters. The first-order chi connectivity index (χ1) is 13.4. The summed E-state index contributed by atoms with van der Waals surface area (Å²) in [7, 11) is 0. The second-order valence-corrected chi connectivity index (χ2v) is 7.56. The zero-order chi connectivity index (χ0) is 19.8. The molecule has 3 heterocycles. The number of aromatic nitrogens is 2. The normalized spacial score (nSPS) is 19.8. The maximum absolute atomic E-state index is 13.4. The van der Waals surface area contributed by atoms with E-state index in [4.69, 9.17) is 14.3 Å². The lowest BCUT2D eigenvalue weighted by Gasteiger charge is -2.35. The van der Waals surface area contributed by atoms with Crippen LogP contribution in [0.2, 0.25) is 0 Å². The zero-order valence-electron chi connectivity index (χ0n) is 16.7. The van der Waals surface area contributed by atoms with Crippen LogP contribution in [-0.4, -0.2) is 45.9 Å². The fourth-order valence-electron chi connectivity index (χ4n) is 3.81. The minimum absolute atomic E-state index is 0.00901. The third-order valence-electron chi connectivity index (χ3n) is 4.99. The van der Waals surface area contributed by atoms with Crippen molar-refractivity contribution in [3.05, 3.63) is 59.5 Å². The summed E-state index contributed by atoms with van der Waals surface area (Å²) in [6, 6.07) is 11.6. The van der Waals surface area contributed by atoms with Crippen molar-refractivity contribution in [2.75, 3.05) is 13.1 Å². The lowest BCUT2D eigenvalue weighted by atomic mass is 10.1. The van der Waals surface area contributed by atoms with Crippen LogP contribution in [0.1, 0.15) is 35.5 Å². The quantitative estimate of drug-likeness (QED) is 0.690. The maximum atomic E-state index is 13.4. The maximum Gasteiger partial charge on any atom is 0.272 e. The first kappa shape index (κ1) is 18.5. The highest BCUT2D eigenvalue weighted by Crippen LogP contribution is 2.26. The summed E-state index contributed by atoms with van der Waals surface area (Å²) < 4.78 is 13.0. The summed E-state index contributed by atoms with van der Waals surface area (Å²) in [5.41, 5.74) is 4.29. The van der Waals surface area contributed by atoms with Crippen LogP contribution in [-0.2, 0) is 4.74 Å². The minimum atomic E-state index is -0.0488. The molecular weight excluding hydrogens is 354 g/mol. The number of aryl methyl sites for hydroxylation is 2. The Bertz CT molecular complexity index is 981. The van der Waals surface area contributed by atoms with E-state index in [0.29, 0.717) is 30.2 Å². The molecule has 1 aromatic carbocycles. The molecular formula is C22H25N3O3. The number of furan rings is 1. The molecule has 6 heteroatoms. The van der Waals surface area contributed by atoms with Crippen LogP contribution in [0.3, 0.4) is 0 Å². The molecule has 1 aliphatic rings. The first-order valence-corrected chi connectivity index (χ1v) is 9.58. The average Bonchev–Trinajstić information content (AvgIpc) is 3.30. The van der Waals surface area contributed by atoms with E-state index in [1.165, 1.54) is 5.56 Å². The minimum Gasteiger partial charge on any atom is -0.463 e. The van der Waals surface area contributed by atoms with Gasteiger partial charge >= 0.3 is 0 Å². The van der Waals surface area contributed by atoms with E-state index in [9.17, 15) is 4.79 Å². The summed E-state index contributed by atoms with van der Waals surface area (Å²) in [5.74, 6) is 0.591. The molecule has 146 valence electrons. The Morgan fingerprint density at radius 2 is 1.86 bits per heavy atom. The van der Waals surface area contributed by atoms with E-state index in [1.807, 2.05) is 56.0 Å². The van der Waals surface area contributed by atoms with Crippen LogP contribution in [0.5, 0.6) is 0 Å². The van der Waals surface area contributed by atoms with Crippen LogP contribution >= 0.6 is 0 Å². The van der Waals surface area contributed by atoms with Crippen molar-refractivity contribution >= 4 is 5.91 Å². The molecule has 2 atom stereocenters. The standard InChI is InChI=1S/C22H25N3O3/c1-14-7-8-19(15(2)10-14)25-20(11-18(23-25)21-6-5-9-27-21)22(26)24-12-16(3)28-17(4)13-24/h5-11,16-17H,12-13H2,1-4H3/t16-,17-/m0/s1. The van der Waals surface area contributed by atoms with Crippen molar-refractivity contribution in [3.8, 4) is 17.1 Å². The van der Waals surface area contributed by atoms with Crippen molar-refractivity contribution in [2.24, 2.45) is 0 Å². The Morgan fingerprint density at radius 1 is 1.11 bits per heavy atom. The smallest absolute Gasteiger partial charge is 0.272 e. The summed E-state index contributed by atoms with van der Waals surface area (Å²) in [6.45, 7) is 9.20. The molecule has 28 heavy (non-hydrogen) atoms. The van der Waals surface area contributed by atoms with Gasteiger partial charge in [-0.05, 0) is 51.5 Å². The molecule has 4 rings (SSSR count). The molecule has 0 saturated carbocycles. The first-order valence-electron chi connectivity index (χ1n) is 9.58. The second-order valence-electron chi connectivity index (χ2n) is 7.56. The number of carbonyl (C=O) groups excluding carboxylic acids is 1. The molecule has 0 spiro atoms. The van der Waals surface area contributed by atoms with Crippen LogP contribution in [0.4, 0.5) is 0 Å². The summed E-state index contributed by atoms with van der Waals surface area (Å²) in [5, 5.41) is 4.71. The van der Waals surface area contributed by atoms with E-state index in [-0.39, 0.29) is 18.1 Å². The van der Waals surface area contributed by atoms with E-state index in [1.54, 1.807) is 10.9 Å². The number of ether oxygens (including phenoxy) is 1. The predicted octanol–water partition coefficient (Wildman–Crippen LogP) is 4.00. The van der Waals surface area contributed by atoms with Gasteiger partial charge in [0.25, 0.3) is 5.91 Å². The van der Waals surface area contributed by atoms with Crippen LogP contribution in [0.25, 0.3) is 17.1 Å². The lowest BCUT2D eigenvalue weighted by molar-refractivity contribution is -0.0588. The monoisotopic (exact) mass is 379 g/mol. The molecule has 0 N–H and O–H groups in total. The summed E-state index contributed by atoms with van der Waals surface area (Å²) in [6.07, 6.45) is 1.63. The topological polar surface area (TPSA) is 60.5 Å². The SMILES string of the molecule is Cc1ccc(-n2nc(-c3ccco3)cc2C(=O)N2C[C@H](C)O[C@@H](C)C2)c(C)c1. The van der Waals surface area contributed by atoms with Gasteiger partial charge < -0.3 is 14.1 Å². The van der Waals surface area contributed by atoms with Crippen molar-refractivity contribution in [1.82, 2.24) is 14.7 Å². The fraction of sp³-hybridized carbons (Fsp3) is 0.364. The van der Waals surface area contributed by atoms with Crippen molar-refractivity contribution in [1.29, 1.82) is 0 Å². The summed E-state index contributed by atoms with van der Waals surface area (Å²) in [4.78, 5) is 15.3. The average molecular weight is 379 g/mol. The van der Waals surface area contributed by atoms with Gasteiger partial charge in [0.2, 0.25) is 0 Å². The van der Waals surface area contributed by atoms with Gasteiger partial charge in [0.15, 0.2) is 5.76 Å². The highest BCUT2D eigenvalue weighted by molar-refractivity contribution is 5.94. The van der Waals surface area contributed by atoms with Gasteiger partial charge in [0, 0.05) is 19.2 Å². The van der Waals surface area contributed by atoms with Crippen molar-refractivity contribution in [2.45, 2.75) is 39.9 Å². The third kappa shape index (κ3) is 3.47. The number of nitrogens with zero attached hydrogens (tertiary/aromatic N) is 3. The summed E-state index contributed by atoms with van der Waals surface area (Å²) >= 11 is 0. The second kappa shape index (κ2) is 7.28. The Kier molecular flexibility index (Phi) is 4.81. The number of rotatable bonds is 3. The van der Waals surface area contributed by atoms with E-state index < -0.39 is 0 Å². The zero-order valence-corrected chi connectivity index (χ0v) is 16.7. The Balaban J connectivity index is 1.79. The highest BCUT2D eigenvalue weighted by atomic mass is 16.5. The third-order valence-corrected chi connectivity index (χ3v) is 4.99. The lowest BCUT2D eigenvalue weighted by Crippen LogP contribution is -2.48. The Hall–Kier alpha value is -2.86. The molecule has 6 nitrogen and oxygen atoms in total. The molecule has 1 saturated heterocycles. The van der Waals surface area contributed by atoms with Gasteiger partial charge in [-0.1, -0.05) is 17.7 Å².